The molecule has 27 heavy (non-hydrogen) atoms. The first-order chi connectivity index (χ1) is 13.2. The normalized spacial score (nSPS) is 11.0. The Morgan fingerprint density at radius 2 is 1.89 bits per heavy atom. The summed E-state index contributed by atoms with van der Waals surface area (Å²) in [5.74, 6) is -0.0636. The van der Waals surface area contributed by atoms with Gasteiger partial charge in [0, 0.05) is 16.9 Å². The molecular formula is C22H21N3OS. The molecule has 0 unspecified atom stereocenters. The van der Waals surface area contributed by atoms with E-state index in [4.69, 9.17) is 0 Å². The minimum atomic E-state index is -0.0636. The van der Waals surface area contributed by atoms with Crippen LogP contribution in [0.25, 0.3) is 10.1 Å². The summed E-state index contributed by atoms with van der Waals surface area (Å²) in [5, 5.41) is 10.9. The van der Waals surface area contributed by atoms with E-state index in [1.165, 1.54) is 21.2 Å². The number of rotatable bonds is 6. The average molecular weight is 375 g/mol. The molecule has 0 saturated carbocycles. The number of hydrogen-bond donors (Lipinski definition) is 1. The van der Waals surface area contributed by atoms with Crippen LogP contribution in [0, 0.1) is 6.92 Å². The molecular weight excluding hydrogens is 354 g/mol. The molecule has 5 heteroatoms. The van der Waals surface area contributed by atoms with Gasteiger partial charge < -0.3 is 5.32 Å². The van der Waals surface area contributed by atoms with Crippen molar-refractivity contribution in [3.8, 4) is 0 Å². The first-order valence-electron chi connectivity index (χ1n) is 9.02. The van der Waals surface area contributed by atoms with E-state index in [0.29, 0.717) is 18.7 Å². The summed E-state index contributed by atoms with van der Waals surface area (Å²) in [6.45, 7) is 3.22. The topological polar surface area (TPSA) is 46.9 Å². The lowest BCUT2D eigenvalue weighted by Crippen LogP contribution is -2.26. The summed E-state index contributed by atoms with van der Waals surface area (Å²) in [5.41, 5.74) is 3.98. The van der Waals surface area contributed by atoms with E-state index in [0.717, 1.165) is 12.1 Å². The number of nitrogens with one attached hydrogen (secondary N) is 1. The van der Waals surface area contributed by atoms with Crippen LogP contribution in [-0.4, -0.2) is 22.2 Å². The van der Waals surface area contributed by atoms with E-state index in [9.17, 15) is 4.79 Å². The Morgan fingerprint density at radius 3 is 2.74 bits per heavy atom. The second-order valence-corrected chi connectivity index (χ2v) is 7.46. The minimum Gasteiger partial charge on any atom is -0.352 e. The fraction of sp³-hybridized carbons (Fsp3) is 0.182. The summed E-state index contributed by atoms with van der Waals surface area (Å²) >= 11 is 1.75. The highest BCUT2D eigenvalue weighted by Gasteiger charge is 2.14. The number of aromatic nitrogens is 2. The molecule has 0 bridgehead atoms. The van der Waals surface area contributed by atoms with E-state index in [1.54, 1.807) is 17.5 Å². The molecule has 0 fully saturated rings. The molecule has 4 nitrogen and oxygen atoms in total. The fourth-order valence-corrected chi connectivity index (χ4v) is 4.21. The van der Waals surface area contributed by atoms with Gasteiger partial charge in [0.15, 0.2) is 0 Å². The van der Waals surface area contributed by atoms with Gasteiger partial charge in [0.25, 0.3) is 5.91 Å². The van der Waals surface area contributed by atoms with Crippen LogP contribution in [-0.2, 0) is 13.0 Å². The SMILES string of the molecule is Cc1c(C(=O)NCCc2csc3ccccc23)cnn1Cc1ccccc1. The van der Waals surface area contributed by atoms with Crippen LogP contribution < -0.4 is 5.32 Å². The van der Waals surface area contributed by atoms with Crippen molar-refractivity contribution in [1.82, 2.24) is 15.1 Å². The van der Waals surface area contributed by atoms with Gasteiger partial charge in [-0.1, -0.05) is 48.5 Å². The Balaban J connectivity index is 1.38. The van der Waals surface area contributed by atoms with Crippen LogP contribution in [0.3, 0.4) is 0 Å². The Labute approximate surface area is 162 Å². The Kier molecular flexibility index (Phi) is 5.03. The quantitative estimate of drug-likeness (QED) is 0.542. The molecule has 0 aliphatic heterocycles. The number of thiophene rings is 1. The van der Waals surface area contributed by atoms with Gasteiger partial charge in [0.1, 0.15) is 0 Å². The summed E-state index contributed by atoms with van der Waals surface area (Å²) in [4.78, 5) is 12.6. The molecule has 4 aromatic rings. The molecule has 0 aliphatic rings. The maximum atomic E-state index is 12.6. The maximum absolute atomic E-state index is 12.6. The molecule has 0 aliphatic carbocycles. The Morgan fingerprint density at radius 1 is 1.11 bits per heavy atom. The lowest BCUT2D eigenvalue weighted by atomic mass is 10.1. The van der Waals surface area contributed by atoms with Crippen LogP contribution >= 0.6 is 11.3 Å². The molecule has 2 heterocycles. The highest BCUT2D eigenvalue weighted by molar-refractivity contribution is 7.17. The maximum Gasteiger partial charge on any atom is 0.254 e. The second-order valence-electron chi connectivity index (χ2n) is 6.55. The Bertz CT molecular complexity index is 1070. The van der Waals surface area contributed by atoms with Crippen molar-refractivity contribution in [2.45, 2.75) is 19.9 Å². The lowest BCUT2D eigenvalue weighted by Gasteiger charge is -2.07. The molecule has 0 spiro atoms. The van der Waals surface area contributed by atoms with Crippen molar-refractivity contribution in [1.29, 1.82) is 0 Å². The molecule has 2 aromatic heterocycles. The molecule has 0 saturated heterocycles. The summed E-state index contributed by atoms with van der Waals surface area (Å²) in [7, 11) is 0. The van der Waals surface area contributed by atoms with Crippen molar-refractivity contribution < 1.29 is 4.79 Å². The van der Waals surface area contributed by atoms with Gasteiger partial charge in [0.2, 0.25) is 0 Å². The largest absolute Gasteiger partial charge is 0.352 e. The van der Waals surface area contributed by atoms with Crippen LogP contribution in [0.1, 0.15) is 27.2 Å². The summed E-state index contributed by atoms with van der Waals surface area (Å²) in [6, 6.07) is 18.5. The number of carbonyl (C=O) groups excluding carboxylic acids is 1. The standard InChI is InChI=1S/C22H21N3OS/c1-16-20(13-24-25(16)14-17-7-3-2-4-8-17)22(26)23-12-11-18-15-27-21-10-6-5-9-19(18)21/h2-10,13,15H,11-12,14H2,1H3,(H,23,26). The van der Waals surface area contributed by atoms with Crippen molar-refractivity contribution in [3.05, 3.63) is 88.6 Å². The molecule has 136 valence electrons. The zero-order valence-electron chi connectivity index (χ0n) is 15.2. The zero-order valence-corrected chi connectivity index (χ0v) is 16.0. The van der Waals surface area contributed by atoms with Crippen molar-refractivity contribution >= 4 is 27.3 Å². The highest BCUT2D eigenvalue weighted by atomic mass is 32.1. The number of hydrogen-bond acceptors (Lipinski definition) is 3. The van der Waals surface area contributed by atoms with Gasteiger partial charge in [-0.05, 0) is 41.3 Å². The Hall–Kier alpha value is -2.92. The van der Waals surface area contributed by atoms with Gasteiger partial charge >= 0.3 is 0 Å². The van der Waals surface area contributed by atoms with Gasteiger partial charge in [0.05, 0.1) is 18.3 Å². The molecule has 2 aromatic carbocycles. The number of nitrogens with zero attached hydrogens (tertiary/aromatic N) is 2. The zero-order chi connectivity index (χ0) is 18.6. The van der Waals surface area contributed by atoms with Crippen LogP contribution in [0.2, 0.25) is 0 Å². The molecule has 1 amide bonds. The minimum absolute atomic E-state index is 0.0636. The lowest BCUT2D eigenvalue weighted by molar-refractivity contribution is 0.0953. The number of benzene rings is 2. The van der Waals surface area contributed by atoms with E-state index in [-0.39, 0.29) is 5.91 Å². The average Bonchev–Trinajstić information content (AvgIpc) is 3.27. The fourth-order valence-electron chi connectivity index (χ4n) is 3.22. The summed E-state index contributed by atoms with van der Waals surface area (Å²) in [6.07, 6.45) is 2.49. The summed E-state index contributed by atoms with van der Waals surface area (Å²) < 4.78 is 3.16. The van der Waals surface area contributed by atoms with E-state index in [2.05, 4.69) is 52.2 Å². The highest BCUT2D eigenvalue weighted by Crippen LogP contribution is 2.25. The van der Waals surface area contributed by atoms with E-state index >= 15 is 0 Å². The number of carbonyl (C=O) groups is 1. The number of fused-ring (bicyclic) bond motifs is 1. The monoisotopic (exact) mass is 375 g/mol. The van der Waals surface area contributed by atoms with E-state index in [1.807, 2.05) is 29.8 Å². The van der Waals surface area contributed by atoms with Gasteiger partial charge in [-0.2, -0.15) is 5.10 Å². The van der Waals surface area contributed by atoms with Crippen molar-refractivity contribution in [3.63, 3.8) is 0 Å². The van der Waals surface area contributed by atoms with Crippen LogP contribution in [0.15, 0.2) is 66.2 Å². The first-order valence-corrected chi connectivity index (χ1v) is 9.90. The predicted molar refractivity (Wildman–Crippen MR) is 110 cm³/mol. The smallest absolute Gasteiger partial charge is 0.254 e. The predicted octanol–water partition coefficient (Wildman–Crippen LogP) is 4.43. The van der Waals surface area contributed by atoms with Gasteiger partial charge in [-0.25, -0.2) is 0 Å². The molecule has 4 rings (SSSR count). The third kappa shape index (κ3) is 3.78. The third-order valence-electron chi connectivity index (χ3n) is 4.76. The van der Waals surface area contributed by atoms with Crippen LogP contribution in [0.5, 0.6) is 0 Å². The molecule has 0 radical (unpaired) electrons. The number of amides is 1. The second kappa shape index (κ2) is 7.76. The van der Waals surface area contributed by atoms with Crippen molar-refractivity contribution in [2.24, 2.45) is 0 Å². The van der Waals surface area contributed by atoms with E-state index < -0.39 is 0 Å². The molecule has 0 atom stereocenters. The first kappa shape index (κ1) is 17.5. The van der Waals surface area contributed by atoms with Gasteiger partial charge in [-0.3, -0.25) is 9.48 Å². The third-order valence-corrected chi connectivity index (χ3v) is 5.78. The van der Waals surface area contributed by atoms with Crippen LogP contribution in [0.4, 0.5) is 0 Å². The van der Waals surface area contributed by atoms with Crippen molar-refractivity contribution in [2.75, 3.05) is 6.54 Å². The molecule has 1 N–H and O–H groups in total. The van der Waals surface area contributed by atoms with Gasteiger partial charge in [-0.15, -0.1) is 11.3 Å².